The molecule has 110 valence electrons. The normalized spacial score (nSPS) is 10.9. The van der Waals surface area contributed by atoms with Gasteiger partial charge in [0.15, 0.2) is 0 Å². The number of hydrogen-bond donors (Lipinski definition) is 0. The Morgan fingerprint density at radius 2 is 1.81 bits per heavy atom. The zero-order valence-electron chi connectivity index (χ0n) is 12.0. The molecule has 0 N–H and O–H groups in total. The average molecular weight is 288 g/mol. The lowest BCUT2D eigenvalue weighted by atomic mass is 10.1. The van der Waals surface area contributed by atoms with Crippen molar-refractivity contribution in [3.05, 3.63) is 75.1 Å². The van der Waals surface area contributed by atoms with Crippen molar-refractivity contribution in [2.45, 2.75) is 20.0 Å². The van der Waals surface area contributed by atoms with Crippen LogP contribution in [0.4, 0.5) is 10.1 Å². The van der Waals surface area contributed by atoms with Crippen molar-refractivity contribution in [3.8, 4) is 0 Å². The van der Waals surface area contributed by atoms with Crippen LogP contribution in [-0.2, 0) is 13.1 Å². The van der Waals surface area contributed by atoms with Crippen LogP contribution >= 0.6 is 0 Å². The van der Waals surface area contributed by atoms with Gasteiger partial charge in [-0.25, -0.2) is 0 Å². The molecule has 0 amide bonds. The van der Waals surface area contributed by atoms with E-state index < -0.39 is 16.4 Å². The molecule has 0 aliphatic carbocycles. The molecular weight excluding hydrogens is 271 g/mol. The molecular formula is C16H17FN2O2. The van der Waals surface area contributed by atoms with Gasteiger partial charge in [-0.1, -0.05) is 42.0 Å². The van der Waals surface area contributed by atoms with Crippen molar-refractivity contribution in [3.63, 3.8) is 0 Å². The van der Waals surface area contributed by atoms with Gasteiger partial charge in [-0.15, -0.1) is 0 Å². The number of rotatable bonds is 5. The predicted octanol–water partition coefficient (Wildman–Crippen LogP) is 3.67. The van der Waals surface area contributed by atoms with Gasteiger partial charge in [-0.2, -0.15) is 4.39 Å². The summed E-state index contributed by atoms with van der Waals surface area (Å²) in [6.45, 7) is 3.00. The Morgan fingerprint density at radius 3 is 2.43 bits per heavy atom. The molecule has 0 heterocycles. The molecule has 0 aromatic heterocycles. The first-order chi connectivity index (χ1) is 9.97. The fraction of sp³-hybridized carbons (Fsp3) is 0.250. The van der Waals surface area contributed by atoms with Crippen molar-refractivity contribution in [2.75, 3.05) is 7.05 Å². The third-order valence-electron chi connectivity index (χ3n) is 3.27. The van der Waals surface area contributed by atoms with Crippen LogP contribution in [0.25, 0.3) is 0 Å². The summed E-state index contributed by atoms with van der Waals surface area (Å²) in [4.78, 5) is 12.0. The van der Waals surface area contributed by atoms with Crippen LogP contribution in [0.1, 0.15) is 16.7 Å². The molecule has 0 fully saturated rings. The molecule has 21 heavy (non-hydrogen) atoms. The minimum absolute atomic E-state index is 0.321. The van der Waals surface area contributed by atoms with Crippen LogP contribution in [0.2, 0.25) is 0 Å². The van der Waals surface area contributed by atoms with Gasteiger partial charge in [-0.3, -0.25) is 15.0 Å². The van der Waals surface area contributed by atoms with E-state index >= 15 is 0 Å². The van der Waals surface area contributed by atoms with Crippen molar-refractivity contribution in [1.29, 1.82) is 0 Å². The number of benzene rings is 2. The highest BCUT2D eigenvalue weighted by atomic mass is 19.1. The minimum atomic E-state index is -0.752. The highest BCUT2D eigenvalue weighted by Gasteiger charge is 2.17. The van der Waals surface area contributed by atoms with Crippen LogP contribution in [0.15, 0.2) is 42.5 Å². The summed E-state index contributed by atoms with van der Waals surface area (Å²) in [6.07, 6.45) is 0. The zero-order valence-corrected chi connectivity index (χ0v) is 12.0. The van der Waals surface area contributed by atoms with E-state index in [1.54, 1.807) is 6.07 Å². The Bertz CT molecular complexity index is 641. The number of halogens is 1. The van der Waals surface area contributed by atoms with E-state index in [-0.39, 0.29) is 0 Å². The van der Waals surface area contributed by atoms with Gasteiger partial charge in [0.05, 0.1) is 4.92 Å². The minimum Gasteiger partial charge on any atom is -0.298 e. The first kappa shape index (κ1) is 15.1. The lowest BCUT2D eigenvalue weighted by molar-refractivity contribution is -0.387. The summed E-state index contributed by atoms with van der Waals surface area (Å²) in [5.74, 6) is -0.752. The molecule has 4 nitrogen and oxygen atoms in total. The second kappa shape index (κ2) is 6.45. The summed E-state index contributed by atoms with van der Waals surface area (Å²) in [5, 5.41) is 10.7. The molecule has 2 aromatic rings. The van der Waals surface area contributed by atoms with Crippen LogP contribution in [0.5, 0.6) is 0 Å². The van der Waals surface area contributed by atoms with E-state index in [2.05, 4.69) is 0 Å². The van der Waals surface area contributed by atoms with Gasteiger partial charge in [0.1, 0.15) is 0 Å². The van der Waals surface area contributed by atoms with Crippen molar-refractivity contribution >= 4 is 5.69 Å². The molecule has 0 saturated carbocycles. The van der Waals surface area contributed by atoms with Crippen LogP contribution in [0, 0.1) is 22.9 Å². The standard InChI is InChI=1S/C16H17FN2O2/c1-12-6-8-13(9-7-12)10-18(2)11-14-4-3-5-15(16(14)17)19(20)21/h3-9H,10-11H2,1-2H3. The zero-order chi connectivity index (χ0) is 15.4. The lowest BCUT2D eigenvalue weighted by Crippen LogP contribution is -2.18. The maximum absolute atomic E-state index is 14.0. The predicted molar refractivity (Wildman–Crippen MR) is 79.4 cm³/mol. The highest BCUT2D eigenvalue weighted by Crippen LogP contribution is 2.21. The van der Waals surface area contributed by atoms with Gasteiger partial charge in [0, 0.05) is 24.7 Å². The molecule has 0 saturated heterocycles. The summed E-state index contributed by atoms with van der Waals surface area (Å²) < 4.78 is 14.0. The van der Waals surface area contributed by atoms with E-state index in [1.807, 2.05) is 43.1 Å². The molecule has 0 unspecified atom stereocenters. The number of nitro benzene ring substituents is 1. The van der Waals surface area contributed by atoms with Crippen LogP contribution in [0.3, 0.4) is 0 Å². The van der Waals surface area contributed by atoms with E-state index in [4.69, 9.17) is 0 Å². The number of hydrogen-bond acceptors (Lipinski definition) is 3. The van der Waals surface area contributed by atoms with Gasteiger partial charge in [0.25, 0.3) is 0 Å². The lowest BCUT2D eigenvalue weighted by Gasteiger charge is -2.17. The summed E-state index contributed by atoms with van der Waals surface area (Å²) in [7, 11) is 1.86. The van der Waals surface area contributed by atoms with E-state index in [9.17, 15) is 14.5 Å². The van der Waals surface area contributed by atoms with Crippen LogP contribution in [-0.4, -0.2) is 16.9 Å². The SMILES string of the molecule is Cc1ccc(CN(C)Cc2cccc([N+](=O)[O-])c2F)cc1. The summed E-state index contributed by atoms with van der Waals surface area (Å²) in [6, 6.07) is 12.4. The van der Waals surface area contributed by atoms with E-state index in [0.29, 0.717) is 18.7 Å². The third kappa shape index (κ3) is 3.86. The largest absolute Gasteiger partial charge is 0.305 e. The molecule has 5 heteroatoms. The quantitative estimate of drug-likeness (QED) is 0.623. The van der Waals surface area contributed by atoms with Crippen molar-refractivity contribution in [1.82, 2.24) is 4.90 Å². The molecule has 0 bridgehead atoms. The van der Waals surface area contributed by atoms with Gasteiger partial charge in [-0.05, 0) is 19.5 Å². The average Bonchev–Trinajstić information content (AvgIpc) is 2.43. The summed E-state index contributed by atoms with van der Waals surface area (Å²) in [5.41, 5.74) is 2.16. The van der Waals surface area contributed by atoms with Gasteiger partial charge in [0.2, 0.25) is 5.82 Å². The Kier molecular flexibility index (Phi) is 4.65. The van der Waals surface area contributed by atoms with E-state index in [1.165, 1.54) is 17.7 Å². The topological polar surface area (TPSA) is 46.4 Å². The van der Waals surface area contributed by atoms with Gasteiger partial charge >= 0.3 is 5.69 Å². The molecule has 0 aliphatic rings. The first-order valence-electron chi connectivity index (χ1n) is 6.63. The first-order valence-corrected chi connectivity index (χ1v) is 6.63. The Hall–Kier alpha value is -2.27. The Morgan fingerprint density at radius 1 is 1.14 bits per heavy atom. The number of aryl methyl sites for hydroxylation is 1. The number of nitro groups is 1. The van der Waals surface area contributed by atoms with Crippen molar-refractivity contribution < 1.29 is 9.31 Å². The fourth-order valence-electron chi connectivity index (χ4n) is 2.18. The molecule has 0 aliphatic heterocycles. The van der Waals surface area contributed by atoms with E-state index in [0.717, 1.165) is 5.56 Å². The van der Waals surface area contributed by atoms with Crippen LogP contribution < -0.4 is 0 Å². The molecule has 2 rings (SSSR count). The monoisotopic (exact) mass is 288 g/mol. The molecule has 0 atom stereocenters. The molecule has 2 aromatic carbocycles. The molecule has 0 radical (unpaired) electrons. The second-order valence-corrected chi connectivity index (χ2v) is 5.17. The Balaban J connectivity index is 2.09. The maximum atomic E-state index is 14.0. The molecule has 0 spiro atoms. The summed E-state index contributed by atoms with van der Waals surface area (Å²) >= 11 is 0. The Labute approximate surface area is 123 Å². The van der Waals surface area contributed by atoms with Crippen molar-refractivity contribution in [2.24, 2.45) is 0 Å². The third-order valence-corrected chi connectivity index (χ3v) is 3.27. The fourth-order valence-corrected chi connectivity index (χ4v) is 2.18. The second-order valence-electron chi connectivity index (χ2n) is 5.17. The number of nitrogens with zero attached hydrogens (tertiary/aromatic N) is 2. The smallest absolute Gasteiger partial charge is 0.298 e. The van der Waals surface area contributed by atoms with Gasteiger partial charge < -0.3 is 0 Å². The maximum Gasteiger partial charge on any atom is 0.305 e. The highest BCUT2D eigenvalue weighted by molar-refractivity contribution is 5.36.